The summed E-state index contributed by atoms with van der Waals surface area (Å²) in [5.41, 5.74) is 0.624. The van der Waals surface area contributed by atoms with Crippen molar-refractivity contribution in [3.05, 3.63) is 23.2 Å². The van der Waals surface area contributed by atoms with E-state index in [-0.39, 0.29) is 6.10 Å². The van der Waals surface area contributed by atoms with Crippen LogP contribution in [0, 0.1) is 11.8 Å². The number of ether oxygens (including phenoxy) is 1. The molecule has 0 radical (unpaired) electrons. The molecule has 1 aliphatic carbocycles. The molecule has 1 saturated heterocycles. The first kappa shape index (κ1) is 17.2. The number of carboxylic acids is 1. The van der Waals surface area contributed by atoms with Gasteiger partial charge >= 0.3 is 5.97 Å². The summed E-state index contributed by atoms with van der Waals surface area (Å²) >= 11 is 6.33. The van der Waals surface area contributed by atoms with E-state index in [9.17, 15) is 9.90 Å². The van der Waals surface area contributed by atoms with Crippen molar-refractivity contribution in [2.75, 3.05) is 6.54 Å². The molecule has 138 valence electrons. The molecule has 2 heterocycles. The van der Waals surface area contributed by atoms with Crippen LogP contribution in [0.4, 0.5) is 0 Å². The summed E-state index contributed by atoms with van der Waals surface area (Å²) in [5.74, 6) is 1.12. The molecule has 4 atom stereocenters. The van der Waals surface area contributed by atoms with Gasteiger partial charge in [0.15, 0.2) is 0 Å². The summed E-state index contributed by atoms with van der Waals surface area (Å²) in [5, 5.41) is 27.0. The van der Waals surface area contributed by atoms with Gasteiger partial charge in [0.05, 0.1) is 16.7 Å². The minimum Gasteiger partial charge on any atom is -0.490 e. The number of aliphatic carboxylic acids is 1. The van der Waals surface area contributed by atoms with Crippen LogP contribution >= 0.6 is 11.6 Å². The first-order chi connectivity index (χ1) is 12.6. The number of halogens is 1. The number of H-pyrrole nitrogens is 1. The van der Waals surface area contributed by atoms with Gasteiger partial charge in [-0.05, 0) is 61.4 Å². The molecule has 0 bridgehead atoms. The van der Waals surface area contributed by atoms with Crippen LogP contribution in [0.2, 0.25) is 5.02 Å². The van der Waals surface area contributed by atoms with Gasteiger partial charge in [-0.15, -0.1) is 10.2 Å². The van der Waals surface area contributed by atoms with Crippen molar-refractivity contribution < 1.29 is 14.6 Å². The molecule has 2 aromatic rings. The molecule has 0 amide bonds. The zero-order chi connectivity index (χ0) is 18.1. The van der Waals surface area contributed by atoms with Gasteiger partial charge in [-0.25, -0.2) is 0 Å². The predicted molar refractivity (Wildman–Crippen MR) is 93.9 cm³/mol. The minimum atomic E-state index is -0.777. The zero-order valence-electron chi connectivity index (χ0n) is 14.1. The number of carbonyl (C=O) groups is 1. The molecule has 1 saturated carbocycles. The molecule has 3 N–H and O–H groups in total. The van der Waals surface area contributed by atoms with E-state index in [4.69, 9.17) is 16.3 Å². The number of hydrogen-bond donors (Lipinski definition) is 3. The average Bonchev–Trinajstić information content (AvgIpc) is 3.15. The quantitative estimate of drug-likeness (QED) is 0.747. The standard InChI is InChI=1S/C17H20ClN5O3/c18-12-2-1-3-14(15(12)16-20-22-23-21-16)26-11-5-4-9-8-19-13(17(24)25)7-10(9)6-11/h1-3,9-11,13,19H,4-8H2,(H,24,25)(H,20,21,22,23)/t9?,10?,11-,13-/m0/s1. The molecule has 8 nitrogen and oxygen atoms in total. The Hall–Kier alpha value is -2.19. The van der Waals surface area contributed by atoms with Gasteiger partial charge in [-0.1, -0.05) is 17.7 Å². The number of piperidine rings is 1. The van der Waals surface area contributed by atoms with Crippen LogP contribution in [0.5, 0.6) is 5.75 Å². The number of fused-ring (bicyclic) bond motifs is 1. The molecular weight excluding hydrogens is 358 g/mol. The normalized spacial score (nSPS) is 28.3. The van der Waals surface area contributed by atoms with Gasteiger partial charge in [0.25, 0.3) is 0 Å². The number of benzene rings is 1. The Morgan fingerprint density at radius 2 is 2.15 bits per heavy atom. The van der Waals surface area contributed by atoms with Gasteiger partial charge in [0.2, 0.25) is 5.82 Å². The zero-order valence-corrected chi connectivity index (χ0v) is 14.8. The Labute approximate surface area is 155 Å². The van der Waals surface area contributed by atoms with E-state index >= 15 is 0 Å². The van der Waals surface area contributed by atoms with Crippen LogP contribution in [-0.2, 0) is 4.79 Å². The SMILES string of the molecule is O=C(O)[C@@H]1CC2C[C@@H](Oc3cccc(Cl)c3-c3nn[nH]n3)CCC2CN1. The van der Waals surface area contributed by atoms with Gasteiger partial charge < -0.3 is 15.2 Å². The number of nitrogens with zero attached hydrogens (tertiary/aromatic N) is 3. The summed E-state index contributed by atoms with van der Waals surface area (Å²) in [6.07, 6.45) is 3.46. The molecular formula is C17H20ClN5O3. The van der Waals surface area contributed by atoms with Crippen LogP contribution in [-0.4, -0.2) is 50.4 Å². The maximum Gasteiger partial charge on any atom is 0.320 e. The molecule has 2 aliphatic rings. The van der Waals surface area contributed by atoms with Gasteiger partial charge in [-0.2, -0.15) is 5.21 Å². The van der Waals surface area contributed by atoms with Crippen molar-refractivity contribution in [3.8, 4) is 17.1 Å². The highest BCUT2D eigenvalue weighted by Gasteiger charge is 2.38. The van der Waals surface area contributed by atoms with E-state index in [1.54, 1.807) is 6.07 Å². The van der Waals surface area contributed by atoms with Crippen molar-refractivity contribution in [1.29, 1.82) is 0 Å². The van der Waals surface area contributed by atoms with Gasteiger partial charge in [0.1, 0.15) is 11.8 Å². The maximum absolute atomic E-state index is 11.3. The Morgan fingerprint density at radius 1 is 1.27 bits per heavy atom. The molecule has 1 aromatic carbocycles. The molecule has 0 spiro atoms. The highest BCUT2D eigenvalue weighted by Crippen LogP contribution is 2.40. The van der Waals surface area contributed by atoms with E-state index in [1.165, 1.54) is 0 Å². The van der Waals surface area contributed by atoms with Crippen LogP contribution < -0.4 is 10.1 Å². The second kappa shape index (κ2) is 7.20. The molecule has 4 rings (SSSR count). The molecule has 9 heteroatoms. The van der Waals surface area contributed by atoms with Crippen molar-refractivity contribution >= 4 is 17.6 Å². The van der Waals surface area contributed by atoms with Crippen LogP contribution in [0.1, 0.15) is 25.7 Å². The number of carboxylic acid groups (broad SMARTS) is 1. The fraction of sp³-hybridized carbons (Fsp3) is 0.529. The van der Waals surface area contributed by atoms with E-state index in [2.05, 4.69) is 25.9 Å². The number of tetrazole rings is 1. The lowest BCUT2D eigenvalue weighted by atomic mass is 9.72. The maximum atomic E-state index is 11.3. The minimum absolute atomic E-state index is 0.0212. The van der Waals surface area contributed by atoms with Crippen LogP contribution in [0.3, 0.4) is 0 Å². The highest BCUT2D eigenvalue weighted by atomic mass is 35.5. The number of aromatic amines is 1. The van der Waals surface area contributed by atoms with Crippen molar-refractivity contribution in [2.45, 2.75) is 37.8 Å². The van der Waals surface area contributed by atoms with E-state index < -0.39 is 12.0 Å². The fourth-order valence-electron chi connectivity index (χ4n) is 4.08. The summed E-state index contributed by atoms with van der Waals surface area (Å²) in [6, 6.07) is 4.99. The molecule has 2 fully saturated rings. The third-order valence-electron chi connectivity index (χ3n) is 5.39. The molecule has 1 aliphatic heterocycles. The Balaban J connectivity index is 1.50. The lowest BCUT2D eigenvalue weighted by Crippen LogP contribution is -2.50. The predicted octanol–water partition coefficient (Wildman–Crippen LogP) is 2.13. The average molecular weight is 378 g/mol. The Kier molecular flexibility index (Phi) is 4.78. The van der Waals surface area contributed by atoms with E-state index in [0.717, 1.165) is 25.8 Å². The van der Waals surface area contributed by atoms with E-state index in [0.29, 0.717) is 40.4 Å². The number of nitrogens with one attached hydrogen (secondary N) is 2. The molecule has 2 unspecified atom stereocenters. The number of rotatable bonds is 4. The lowest BCUT2D eigenvalue weighted by molar-refractivity contribution is -0.141. The summed E-state index contributed by atoms with van der Waals surface area (Å²) in [4.78, 5) is 11.3. The highest BCUT2D eigenvalue weighted by molar-refractivity contribution is 6.33. The third-order valence-corrected chi connectivity index (χ3v) is 5.71. The Bertz CT molecular complexity index is 785. The summed E-state index contributed by atoms with van der Waals surface area (Å²) < 4.78 is 6.26. The van der Waals surface area contributed by atoms with E-state index in [1.807, 2.05) is 12.1 Å². The second-order valence-corrected chi connectivity index (χ2v) is 7.36. The largest absolute Gasteiger partial charge is 0.490 e. The van der Waals surface area contributed by atoms with Crippen molar-refractivity contribution in [2.24, 2.45) is 11.8 Å². The Morgan fingerprint density at radius 3 is 2.92 bits per heavy atom. The number of aromatic nitrogens is 4. The second-order valence-electron chi connectivity index (χ2n) is 6.96. The monoisotopic (exact) mass is 377 g/mol. The van der Waals surface area contributed by atoms with Gasteiger partial charge in [0, 0.05) is 0 Å². The summed E-state index contributed by atoms with van der Waals surface area (Å²) in [7, 11) is 0. The van der Waals surface area contributed by atoms with Crippen molar-refractivity contribution in [1.82, 2.24) is 25.9 Å². The first-order valence-corrected chi connectivity index (χ1v) is 9.14. The lowest BCUT2D eigenvalue weighted by Gasteiger charge is -2.41. The van der Waals surface area contributed by atoms with Crippen LogP contribution in [0.15, 0.2) is 18.2 Å². The molecule has 1 aromatic heterocycles. The van der Waals surface area contributed by atoms with Gasteiger partial charge in [-0.3, -0.25) is 4.79 Å². The summed E-state index contributed by atoms with van der Waals surface area (Å²) in [6.45, 7) is 0.764. The fourth-order valence-corrected chi connectivity index (χ4v) is 4.33. The van der Waals surface area contributed by atoms with Crippen molar-refractivity contribution in [3.63, 3.8) is 0 Å². The molecule has 26 heavy (non-hydrogen) atoms. The third kappa shape index (κ3) is 3.39. The van der Waals surface area contributed by atoms with Crippen LogP contribution in [0.25, 0.3) is 11.4 Å². The number of hydrogen-bond acceptors (Lipinski definition) is 6. The topological polar surface area (TPSA) is 113 Å². The first-order valence-electron chi connectivity index (χ1n) is 8.77. The smallest absolute Gasteiger partial charge is 0.320 e.